The molecule has 0 aliphatic rings. The van der Waals surface area contributed by atoms with Crippen molar-refractivity contribution in [3.63, 3.8) is 0 Å². The molecule has 0 unspecified atom stereocenters. The van der Waals surface area contributed by atoms with Crippen molar-refractivity contribution >= 4 is 12.1 Å². The molecule has 1 amide bonds. The zero-order valence-corrected chi connectivity index (χ0v) is 13.5. The van der Waals surface area contributed by atoms with Crippen molar-refractivity contribution in [3.8, 4) is 5.75 Å². The molecular formula is C18H16N4O3. The molecular weight excluding hydrogens is 320 g/mol. The Balaban J connectivity index is 1.52. The summed E-state index contributed by atoms with van der Waals surface area (Å²) in [6, 6.07) is 17.3. The first-order chi connectivity index (χ1) is 12.2. The summed E-state index contributed by atoms with van der Waals surface area (Å²) in [5, 5.41) is 10.9. The van der Waals surface area contributed by atoms with Crippen LogP contribution in [0.5, 0.6) is 5.75 Å². The summed E-state index contributed by atoms with van der Waals surface area (Å²) in [4.78, 5) is 11.8. The summed E-state index contributed by atoms with van der Waals surface area (Å²) in [5.74, 6) is 0.284. The first-order valence-electron chi connectivity index (χ1n) is 7.62. The Morgan fingerprint density at radius 3 is 2.60 bits per heavy atom. The number of aryl methyl sites for hydroxylation is 1. The van der Waals surface area contributed by atoms with Gasteiger partial charge >= 0.3 is 0 Å². The van der Waals surface area contributed by atoms with E-state index in [-0.39, 0.29) is 5.69 Å². The topological polar surface area (TPSA) is 89.6 Å². The Kier molecular flexibility index (Phi) is 5.16. The number of rotatable bonds is 6. The monoisotopic (exact) mass is 336 g/mol. The van der Waals surface area contributed by atoms with Crippen LogP contribution in [-0.2, 0) is 6.61 Å². The van der Waals surface area contributed by atoms with Gasteiger partial charge in [0.05, 0.1) is 6.21 Å². The van der Waals surface area contributed by atoms with Crippen molar-refractivity contribution < 1.29 is 14.2 Å². The summed E-state index contributed by atoms with van der Waals surface area (Å²) in [5.41, 5.74) is 4.82. The Morgan fingerprint density at radius 2 is 1.92 bits per heavy atom. The van der Waals surface area contributed by atoms with E-state index in [1.54, 1.807) is 6.92 Å². The molecule has 3 rings (SSSR count). The molecule has 0 fully saturated rings. The Morgan fingerprint density at radius 1 is 1.16 bits per heavy atom. The largest absolute Gasteiger partial charge is 0.489 e. The van der Waals surface area contributed by atoms with Crippen molar-refractivity contribution in [3.05, 3.63) is 77.1 Å². The van der Waals surface area contributed by atoms with Gasteiger partial charge in [0.25, 0.3) is 5.91 Å². The molecule has 0 atom stereocenters. The number of hydrogen-bond acceptors (Lipinski definition) is 6. The van der Waals surface area contributed by atoms with Gasteiger partial charge in [0.1, 0.15) is 18.1 Å². The fourth-order valence-corrected chi connectivity index (χ4v) is 2.05. The van der Waals surface area contributed by atoms with Crippen LogP contribution < -0.4 is 10.2 Å². The van der Waals surface area contributed by atoms with Gasteiger partial charge in [-0.25, -0.2) is 10.1 Å². The van der Waals surface area contributed by atoms with E-state index in [9.17, 15) is 4.79 Å². The lowest BCUT2D eigenvalue weighted by Gasteiger charge is -2.06. The average Bonchev–Trinajstić information content (AvgIpc) is 3.08. The molecule has 2 aromatic carbocycles. The van der Waals surface area contributed by atoms with Crippen molar-refractivity contribution in [2.75, 3.05) is 0 Å². The SMILES string of the molecule is Cc1nonc1C(=O)NN=Cc1ccc(OCc2ccccc2)cc1. The predicted octanol–water partition coefficient (Wildman–Crippen LogP) is 2.72. The van der Waals surface area contributed by atoms with E-state index in [0.29, 0.717) is 12.3 Å². The quantitative estimate of drug-likeness (QED) is 0.552. The molecule has 0 aliphatic carbocycles. The molecule has 0 spiro atoms. The minimum Gasteiger partial charge on any atom is -0.489 e. The summed E-state index contributed by atoms with van der Waals surface area (Å²) < 4.78 is 10.2. The Bertz CT molecular complexity index is 858. The maximum atomic E-state index is 11.8. The molecule has 1 heterocycles. The van der Waals surface area contributed by atoms with Gasteiger partial charge in [0, 0.05) is 0 Å². The molecule has 0 saturated carbocycles. The van der Waals surface area contributed by atoms with Crippen LogP contribution in [0, 0.1) is 6.92 Å². The van der Waals surface area contributed by atoms with E-state index in [2.05, 4.69) is 25.5 Å². The van der Waals surface area contributed by atoms with E-state index in [1.165, 1.54) is 6.21 Å². The third-order valence-corrected chi connectivity index (χ3v) is 3.38. The van der Waals surface area contributed by atoms with Gasteiger partial charge in [-0.3, -0.25) is 4.79 Å². The zero-order chi connectivity index (χ0) is 17.5. The summed E-state index contributed by atoms with van der Waals surface area (Å²) in [7, 11) is 0. The summed E-state index contributed by atoms with van der Waals surface area (Å²) in [6.45, 7) is 2.14. The lowest BCUT2D eigenvalue weighted by molar-refractivity contribution is 0.0945. The van der Waals surface area contributed by atoms with Crippen LogP contribution in [0.1, 0.15) is 27.3 Å². The van der Waals surface area contributed by atoms with Gasteiger partial charge in [-0.1, -0.05) is 35.5 Å². The van der Waals surface area contributed by atoms with Gasteiger partial charge in [0.15, 0.2) is 5.69 Å². The van der Waals surface area contributed by atoms with E-state index in [0.717, 1.165) is 16.9 Å². The lowest BCUT2D eigenvalue weighted by atomic mass is 10.2. The van der Waals surface area contributed by atoms with Gasteiger partial charge in [-0.05, 0) is 47.5 Å². The van der Waals surface area contributed by atoms with E-state index >= 15 is 0 Å². The summed E-state index contributed by atoms with van der Waals surface area (Å²) in [6.07, 6.45) is 1.53. The third kappa shape index (κ3) is 4.51. The smallest absolute Gasteiger partial charge is 0.295 e. The normalized spacial score (nSPS) is 10.8. The van der Waals surface area contributed by atoms with Gasteiger partial charge in [-0.2, -0.15) is 5.10 Å². The number of ether oxygens (including phenoxy) is 1. The molecule has 0 radical (unpaired) electrons. The van der Waals surface area contributed by atoms with Crippen molar-refractivity contribution in [1.29, 1.82) is 0 Å². The number of amides is 1. The number of hydrazone groups is 1. The van der Waals surface area contributed by atoms with E-state index in [4.69, 9.17) is 4.74 Å². The van der Waals surface area contributed by atoms with Crippen molar-refractivity contribution in [2.24, 2.45) is 5.10 Å². The first kappa shape index (κ1) is 16.4. The van der Waals surface area contributed by atoms with Gasteiger partial charge in [-0.15, -0.1) is 0 Å². The van der Waals surface area contributed by atoms with Gasteiger partial charge < -0.3 is 4.74 Å². The maximum Gasteiger partial charge on any atom is 0.295 e. The minimum atomic E-state index is -0.474. The van der Waals surface area contributed by atoms with E-state index in [1.807, 2.05) is 54.6 Å². The number of carbonyl (C=O) groups is 1. The second-order valence-corrected chi connectivity index (χ2v) is 5.24. The third-order valence-electron chi connectivity index (χ3n) is 3.38. The fraction of sp³-hybridized carbons (Fsp3) is 0.111. The van der Waals surface area contributed by atoms with Crippen molar-refractivity contribution in [2.45, 2.75) is 13.5 Å². The second-order valence-electron chi connectivity index (χ2n) is 5.24. The number of nitrogens with zero attached hydrogens (tertiary/aromatic N) is 3. The van der Waals surface area contributed by atoms with Crippen LogP contribution in [0.3, 0.4) is 0 Å². The number of nitrogens with one attached hydrogen (secondary N) is 1. The molecule has 0 saturated heterocycles. The zero-order valence-electron chi connectivity index (χ0n) is 13.5. The van der Waals surface area contributed by atoms with Crippen LogP contribution in [0.2, 0.25) is 0 Å². The van der Waals surface area contributed by atoms with Crippen LogP contribution in [0.25, 0.3) is 0 Å². The Labute approximate surface area is 144 Å². The number of aromatic nitrogens is 2. The fourth-order valence-electron chi connectivity index (χ4n) is 2.05. The highest BCUT2D eigenvalue weighted by atomic mass is 16.6. The molecule has 126 valence electrons. The highest BCUT2D eigenvalue weighted by Gasteiger charge is 2.13. The molecule has 25 heavy (non-hydrogen) atoms. The standard InChI is InChI=1S/C18H16N4O3/c1-13-17(22-25-21-13)18(23)20-19-11-14-7-9-16(10-8-14)24-12-15-5-3-2-4-6-15/h2-11H,12H2,1H3,(H,20,23). The maximum absolute atomic E-state index is 11.8. The highest BCUT2D eigenvalue weighted by molar-refractivity contribution is 5.93. The lowest BCUT2D eigenvalue weighted by Crippen LogP contribution is -2.19. The first-order valence-corrected chi connectivity index (χ1v) is 7.62. The molecule has 1 N–H and O–H groups in total. The number of carbonyl (C=O) groups excluding carboxylic acids is 1. The van der Waals surface area contributed by atoms with Crippen molar-refractivity contribution in [1.82, 2.24) is 15.7 Å². The van der Waals surface area contributed by atoms with E-state index < -0.39 is 5.91 Å². The minimum absolute atomic E-state index is 0.113. The molecule has 0 aliphatic heterocycles. The Hall–Kier alpha value is -3.48. The molecule has 7 nitrogen and oxygen atoms in total. The molecule has 3 aromatic rings. The van der Waals surface area contributed by atoms with Crippen LogP contribution in [-0.4, -0.2) is 22.4 Å². The predicted molar refractivity (Wildman–Crippen MR) is 91.3 cm³/mol. The second kappa shape index (κ2) is 7.87. The van der Waals surface area contributed by atoms with Crippen LogP contribution >= 0.6 is 0 Å². The number of benzene rings is 2. The summed E-state index contributed by atoms with van der Waals surface area (Å²) >= 11 is 0. The number of hydrogen-bond donors (Lipinski definition) is 1. The molecule has 7 heteroatoms. The molecule has 1 aromatic heterocycles. The van der Waals surface area contributed by atoms with Crippen LogP contribution in [0.15, 0.2) is 64.3 Å². The van der Waals surface area contributed by atoms with Gasteiger partial charge in [0.2, 0.25) is 0 Å². The van der Waals surface area contributed by atoms with Crippen LogP contribution in [0.4, 0.5) is 0 Å². The molecule has 0 bridgehead atoms. The highest BCUT2D eigenvalue weighted by Crippen LogP contribution is 2.13. The average molecular weight is 336 g/mol.